The molecule has 0 aliphatic rings. The average Bonchev–Trinajstić information content (AvgIpc) is 2.40. The number of hydrogen-bond acceptors (Lipinski definition) is 1. The Labute approximate surface area is 116 Å². The number of hydrogen-bond donors (Lipinski definition) is 0. The molecule has 0 aromatic heterocycles. The van der Waals surface area contributed by atoms with Crippen molar-refractivity contribution in [3.05, 3.63) is 36.2 Å². The summed E-state index contributed by atoms with van der Waals surface area (Å²) in [5.41, 5.74) is -0.0387. The molecule has 0 bridgehead atoms. The van der Waals surface area contributed by atoms with E-state index in [-0.39, 0.29) is 5.60 Å². The van der Waals surface area contributed by atoms with Crippen molar-refractivity contribution in [3.8, 4) is 5.75 Å². The van der Waals surface area contributed by atoms with Crippen LogP contribution in [-0.2, 0) is 0 Å². The standard InChI is InChI=1S/C16H24ClO/c1-4-7-8-13-16(5-2,6-3)18-15-11-9-14(17)10-12-15/h9-12H,1,4-8,13H2,2-3H3. The van der Waals surface area contributed by atoms with E-state index in [1.807, 2.05) is 24.3 Å². The van der Waals surface area contributed by atoms with Crippen LogP contribution in [-0.4, -0.2) is 5.60 Å². The topological polar surface area (TPSA) is 9.23 Å². The molecule has 1 aromatic rings. The second kappa shape index (κ2) is 7.68. The Morgan fingerprint density at radius 3 is 2.22 bits per heavy atom. The van der Waals surface area contributed by atoms with E-state index in [1.165, 1.54) is 12.8 Å². The lowest BCUT2D eigenvalue weighted by Gasteiger charge is -2.33. The minimum absolute atomic E-state index is 0.0387. The van der Waals surface area contributed by atoms with Gasteiger partial charge in [-0.15, -0.1) is 0 Å². The highest BCUT2D eigenvalue weighted by Gasteiger charge is 2.27. The van der Waals surface area contributed by atoms with Crippen molar-refractivity contribution in [3.63, 3.8) is 0 Å². The van der Waals surface area contributed by atoms with Gasteiger partial charge in [0, 0.05) is 5.02 Å². The third-order valence-electron chi connectivity index (χ3n) is 3.57. The number of unbranched alkanes of at least 4 members (excludes halogenated alkanes) is 2. The van der Waals surface area contributed by atoms with Crippen molar-refractivity contribution in [2.75, 3.05) is 0 Å². The summed E-state index contributed by atoms with van der Waals surface area (Å²) in [7, 11) is 0. The minimum Gasteiger partial charge on any atom is -0.487 e. The Bertz CT molecular complexity index is 327. The monoisotopic (exact) mass is 267 g/mol. The number of halogens is 1. The van der Waals surface area contributed by atoms with Crippen molar-refractivity contribution >= 4 is 11.6 Å². The third-order valence-corrected chi connectivity index (χ3v) is 3.82. The van der Waals surface area contributed by atoms with Crippen LogP contribution < -0.4 is 4.74 Å². The van der Waals surface area contributed by atoms with Crippen LogP contribution in [0.4, 0.5) is 0 Å². The van der Waals surface area contributed by atoms with Gasteiger partial charge in [-0.25, -0.2) is 0 Å². The van der Waals surface area contributed by atoms with Gasteiger partial charge in [0.2, 0.25) is 0 Å². The second-order valence-corrected chi connectivity index (χ2v) is 5.19. The van der Waals surface area contributed by atoms with Crippen LogP contribution in [0.25, 0.3) is 0 Å². The molecule has 0 aliphatic carbocycles. The first-order valence-corrected chi connectivity index (χ1v) is 7.27. The third kappa shape index (κ3) is 4.53. The number of rotatable bonds is 8. The summed E-state index contributed by atoms with van der Waals surface area (Å²) in [6, 6.07) is 7.65. The fourth-order valence-corrected chi connectivity index (χ4v) is 2.30. The predicted octanol–water partition coefficient (Wildman–Crippen LogP) is 5.67. The van der Waals surface area contributed by atoms with Gasteiger partial charge in [-0.1, -0.05) is 45.2 Å². The summed E-state index contributed by atoms with van der Waals surface area (Å²) < 4.78 is 6.22. The molecule has 1 nitrogen and oxygen atoms in total. The molecule has 101 valence electrons. The van der Waals surface area contributed by atoms with Crippen molar-refractivity contribution in [1.82, 2.24) is 0 Å². The summed E-state index contributed by atoms with van der Waals surface area (Å²) in [6.45, 7) is 8.29. The largest absolute Gasteiger partial charge is 0.487 e. The zero-order chi connectivity index (χ0) is 13.4. The Hall–Kier alpha value is -0.690. The number of ether oxygens (including phenoxy) is 1. The van der Waals surface area contributed by atoms with Crippen LogP contribution in [0.15, 0.2) is 24.3 Å². The molecular weight excluding hydrogens is 244 g/mol. The van der Waals surface area contributed by atoms with Gasteiger partial charge in [-0.2, -0.15) is 0 Å². The maximum Gasteiger partial charge on any atom is 0.120 e. The van der Waals surface area contributed by atoms with Crippen LogP contribution in [0.3, 0.4) is 0 Å². The van der Waals surface area contributed by atoms with Crippen molar-refractivity contribution in [1.29, 1.82) is 0 Å². The lowest BCUT2D eigenvalue weighted by Crippen LogP contribution is -2.34. The van der Waals surface area contributed by atoms with E-state index < -0.39 is 0 Å². The maximum absolute atomic E-state index is 6.22. The normalized spacial score (nSPS) is 11.6. The molecule has 0 atom stereocenters. The molecule has 0 N–H and O–H groups in total. The first kappa shape index (κ1) is 15.4. The SMILES string of the molecule is [CH2]CCCCC(CC)(CC)Oc1ccc(Cl)cc1. The van der Waals surface area contributed by atoms with Crippen LogP contribution >= 0.6 is 11.6 Å². The summed E-state index contributed by atoms with van der Waals surface area (Å²) in [5.74, 6) is 0.915. The predicted molar refractivity (Wildman–Crippen MR) is 79.2 cm³/mol. The Morgan fingerprint density at radius 1 is 1.11 bits per heavy atom. The molecule has 1 rings (SSSR count). The molecule has 0 heterocycles. The van der Waals surface area contributed by atoms with E-state index >= 15 is 0 Å². The van der Waals surface area contributed by atoms with Gasteiger partial charge >= 0.3 is 0 Å². The summed E-state index contributed by atoms with van der Waals surface area (Å²) in [6.07, 6.45) is 6.51. The molecule has 0 unspecified atom stereocenters. The lowest BCUT2D eigenvalue weighted by molar-refractivity contribution is 0.0485. The number of benzene rings is 1. The first-order valence-electron chi connectivity index (χ1n) is 6.89. The maximum atomic E-state index is 6.22. The molecule has 1 radical (unpaired) electrons. The van der Waals surface area contributed by atoms with E-state index in [9.17, 15) is 0 Å². The molecule has 0 saturated heterocycles. The van der Waals surface area contributed by atoms with Crippen molar-refractivity contribution in [2.45, 2.75) is 58.0 Å². The Morgan fingerprint density at radius 2 is 1.72 bits per heavy atom. The van der Waals surface area contributed by atoms with Gasteiger partial charge in [0.15, 0.2) is 0 Å². The molecular formula is C16H24ClO. The van der Waals surface area contributed by atoms with Gasteiger partial charge in [0.25, 0.3) is 0 Å². The van der Waals surface area contributed by atoms with E-state index in [2.05, 4.69) is 20.8 Å². The van der Waals surface area contributed by atoms with E-state index in [0.29, 0.717) is 0 Å². The molecule has 18 heavy (non-hydrogen) atoms. The highest BCUT2D eigenvalue weighted by Crippen LogP contribution is 2.30. The molecule has 0 spiro atoms. The van der Waals surface area contributed by atoms with Crippen LogP contribution in [0, 0.1) is 6.92 Å². The Balaban J connectivity index is 2.68. The molecule has 0 saturated carbocycles. The van der Waals surface area contributed by atoms with Crippen molar-refractivity contribution in [2.24, 2.45) is 0 Å². The van der Waals surface area contributed by atoms with Crippen LogP contribution in [0.1, 0.15) is 52.4 Å². The van der Waals surface area contributed by atoms with E-state index in [0.717, 1.165) is 36.5 Å². The summed E-state index contributed by atoms with van der Waals surface area (Å²) in [5, 5.41) is 0.748. The average molecular weight is 268 g/mol. The molecule has 2 heteroatoms. The van der Waals surface area contributed by atoms with E-state index in [1.54, 1.807) is 0 Å². The summed E-state index contributed by atoms with van der Waals surface area (Å²) in [4.78, 5) is 0. The zero-order valence-electron chi connectivity index (χ0n) is 11.5. The molecule has 0 fully saturated rings. The second-order valence-electron chi connectivity index (χ2n) is 4.76. The van der Waals surface area contributed by atoms with Gasteiger partial charge in [-0.05, 0) is 49.9 Å². The smallest absolute Gasteiger partial charge is 0.120 e. The molecule has 0 amide bonds. The Kier molecular flexibility index (Phi) is 6.56. The minimum atomic E-state index is -0.0387. The lowest BCUT2D eigenvalue weighted by atomic mass is 9.90. The fraction of sp³-hybridized carbons (Fsp3) is 0.562. The van der Waals surface area contributed by atoms with Gasteiger partial charge in [0.1, 0.15) is 11.4 Å². The fourth-order valence-electron chi connectivity index (χ4n) is 2.18. The first-order chi connectivity index (χ1) is 8.65. The van der Waals surface area contributed by atoms with Crippen LogP contribution in [0.2, 0.25) is 5.02 Å². The highest BCUT2D eigenvalue weighted by molar-refractivity contribution is 6.30. The van der Waals surface area contributed by atoms with Gasteiger partial charge < -0.3 is 4.74 Å². The molecule has 1 aromatic carbocycles. The van der Waals surface area contributed by atoms with Crippen LogP contribution in [0.5, 0.6) is 5.75 Å². The summed E-state index contributed by atoms with van der Waals surface area (Å²) >= 11 is 5.89. The zero-order valence-corrected chi connectivity index (χ0v) is 12.3. The van der Waals surface area contributed by atoms with Crippen molar-refractivity contribution < 1.29 is 4.74 Å². The quantitative estimate of drug-likeness (QED) is 0.551. The van der Waals surface area contributed by atoms with Gasteiger partial charge in [-0.3, -0.25) is 0 Å². The van der Waals surface area contributed by atoms with E-state index in [4.69, 9.17) is 16.3 Å². The highest BCUT2D eigenvalue weighted by atomic mass is 35.5. The van der Waals surface area contributed by atoms with Gasteiger partial charge in [0.05, 0.1) is 0 Å². The molecule has 0 aliphatic heterocycles.